The third kappa shape index (κ3) is 4.93. The van der Waals surface area contributed by atoms with E-state index < -0.39 is 0 Å². The summed E-state index contributed by atoms with van der Waals surface area (Å²) < 4.78 is 10.6. The van der Waals surface area contributed by atoms with Crippen molar-refractivity contribution < 1.29 is 18.7 Å². The summed E-state index contributed by atoms with van der Waals surface area (Å²) in [6.45, 7) is 2.52. The molecule has 3 unspecified atom stereocenters. The van der Waals surface area contributed by atoms with Crippen molar-refractivity contribution in [3.8, 4) is 5.75 Å². The SMILES string of the molecule is COc1ccc(C2C(CNC(=O)C3CC(=O)N(Cc4ccco4)C3)CCCN2C)cc1. The van der Waals surface area contributed by atoms with E-state index >= 15 is 0 Å². The molecule has 0 saturated carbocycles. The minimum Gasteiger partial charge on any atom is -0.497 e. The average Bonchev–Trinajstić information content (AvgIpc) is 3.42. The van der Waals surface area contributed by atoms with Gasteiger partial charge in [0, 0.05) is 25.6 Å². The Morgan fingerprint density at radius 3 is 2.77 bits per heavy atom. The number of hydrogen-bond donors (Lipinski definition) is 1. The second-order valence-electron chi connectivity index (χ2n) is 8.60. The van der Waals surface area contributed by atoms with E-state index in [1.165, 1.54) is 5.56 Å². The maximum Gasteiger partial charge on any atom is 0.225 e. The van der Waals surface area contributed by atoms with Crippen LogP contribution in [0.15, 0.2) is 47.1 Å². The monoisotopic (exact) mass is 425 g/mol. The van der Waals surface area contributed by atoms with Gasteiger partial charge in [-0.3, -0.25) is 14.5 Å². The molecule has 2 aliphatic rings. The molecule has 7 heteroatoms. The molecule has 2 saturated heterocycles. The molecule has 1 aromatic heterocycles. The van der Waals surface area contributed by atoms with Crippen LogP contribution in [0.2, 0.25) is 0 Å². The Hall–Kier alpha value is -2.80. The Labute approximate surface area is 183 Å². The maximum absolute atomic E-state index is 12.8. The Kier molecular flexibility index (Phi) is 6.61. The van der Waals surface area contributed by atoms with Crippen LogP contribution >= 0.6 is 0 Å². The number of nitrogens with one attached hydrogen (secondary N) is 1. The zero-order valence-corrected chi connectivity index (χ0v) is 18.3. The molecule has 2 aliphatic heterocycles. The molecule has 0 bridgehead atoms. The topological polar surface area (TPSA) is 75.0 Å². The van der Waals surface area contributed by atoms with Crippen LogP contribution in [0.5, 0.6) is 5.75 Å². The number of rotatable bonds is 7. The lowest BCUT2D eigenvalue weighted by atomic mass is 9.84. The first kappa shape index (κ1) is 21.4. The smallest absolute Gasteiger partial charge is 0.225 e. The standard InChI is InChI=1S/C24H31N3O4/c1-26-11-3-5-18(23(26)17-7-9-20(30-2)10-8-17)14-25-24(29)19-13-22(28)27(15-19)16-21-6-4-12-31-21/h4,6-10,12,18-19,23H,3,5,11,13-16H2,1-2H3,(H,25,29). The molecule has 0 radical (unpaired) electrons. The zero-order chi connectivity index (χ0) is 21.8. The van der Waals surface area contributed by atoms with E-state index in [0.717, 1.165) is 30.9 Å². The first-order valence-electron chi connectivity index (χ1n) is 11.0. The van der Waals surface area contributed by atoms with Gasteiger partial charge >= 0.3 is 0 Å². The number of carbonyl (C=O) groups excluding carboxylic acids is 2. The number of ether oxygens (including phenoxy) is 1. The fourth-order valence-electron chi connectivity index (χ4n) is 4.87. The van der Waals surface area contributed by atoms with Crippen LogP contribution in [-0.2, 0) is 16.1 Å². The van der Waals surface area contributed by atoms with E-state index in [1.54, 1.807) is 24.3 Å². The van der Waals surface area contributed by atoms with Gasteiger partial charge in [-0.15, -0.1) is 0 Å². The summed E-state index contributed by atoms with van der Waals surface area (Å²) in [6, 6.07) is 12.1. The molecule has 3 atom stereocenters. The van der Waals surface area contributed by atoms with Gasteiger partial charge in [0.2, 0.25) is 11.8 Å². The Morgan fingerprint density at radius 2 is 2.06 bits per heavy atom. The molecule has 1 aromatic carbocycles. The van der Waals surface area contributed by atoms with Crippen molar-refractivity contribution in [3.63, 3.8) is 0 Å². The molecule has 0 aliphatic carbocycles. The molecule has 2 aromatic rings. The number of likely N-dealkylation sites (tertiary alicyclic amines) is 2. The molecule has 0 spiro atoms. The predicted molar refractivity (Wildman–Crippen MR) is 116 cm³/mol. The first-order valence-corrected chi connectivity index (χ1v) is 11.0. The van der Waals surface area contributed by atoms with E-state index in [1.807, 2.05) is 18.2 Å². The molecule has 2 fully saturated rings. The van der Waals surface area contributed by atoms with Gasteiger partial charge in [-0.1, -0.05) is 12.1 Å². The van der Waals surface area contributed by atoms with Crippen LogP contribution in [0.1, 0.15) is 36.6 Å². The van der Waals surface area contributed by atoms with Gasteiger partial charge in [-0.25, -0.2) is 0 Å². The Bertz CT molecular complexity index is 881. The molecular weight excluding hydrogens is 394 g/mol. The number of hydrogen-bond acceptors (Lipinski definition) is 5. The third-order valence-corrected chi connectivity index (χ3v) is 6.52. The highest BCUT2D eigenvalue weighted by Crippen LogP contribution is 2.35. The van der Waals surface area contributed by atoms with Gasteiger partial charge in [0.25, 0.3) is 0 Å². The van der Waals surface area contributed by atoms with E-state index in [0.29, 0.717) is 25.6 Å². The average molecular weight is 426 g/mol. The highest BCUT2D eigenvalue weighted by Gasteiger charge is 2.36. The molecule has 4 rings (SSSR count). The van der Waals surface area contributed by atoms with Crippen molar-refractivity contribution in [2.45, 2.75) is 31.8 Å². The van der Waals surface area contributed by atoms with Crippen LogP contribution in [-0.4, -0.2) is 55.4 Å². The Morgan fingerprint density at radius 1 is 1.26 bits per heavy atom. The van der Waals surface area contributed by atoms with Gasteiger partial charge in [0.05, 0.1) is 25.8 Å². The molecule has 7 nitrogen and oxygen atoms in total. The highest BCUT2D eigenvalue weighted by molar-refractivity contribution is 5.89. The normalized spacial score (nSPS) is 24.4. The minimum absolute atomic E-state index is 0.00468. The number of benzene rings is 1. The molecule has 31 heavy (non-hydrogen) atoms. The highest BCUT2D eigenvalue weighted by atomic mass is 16.5. The van der Waals surface area contributed by atoms with E-state index in [9.17, 15) is 9.59 Å². The number of nitrogens with zero attached hydrogens (tertiary/aromatic N) is 2. The van der Waals surface area contributed by atoms with Crippen LogP contribution in [0.25, 0.3) is 0 Å². The summed E-state index contributed by atoms with van der Waals surface area (Å²) in [6.07, 6.45) is 4.04. The lowest BCUT2D eigenvalue weighted by Crippen LogP contribution is -2.43. The van der Waals surface area contributed by atoms with E-state index in [-0.39, 0.29) is 30.2 Å². The van der Waals surface area contributed by atoms with Crippen LogP contribution in [0, 0.1) is 11.8 Å². The van der Waals surface area contributed by atoms with Crippen molar-refractivity contribution in [2.24, 2.45) is 11.8 Å². The first-order chi connectivity index (χ1) is 15.0. The minimum atomic E-state index is -0.303. The summed E-state index contributed by atoms with van der Waals surface area (Å²) >= 11 is 0. The molecule has 166 valence electrons. The van der Waals surface area contributed by atoms with E-state index in [2.05, 4.69) is 29.4 Å². The summed E-state index contributed by atoms with van der Waals surface area (Å²) in [5.74, 6) is 1.58. The molecule has 2 amide bonds. The number of methoxy groups -OCH3 is 1. The van der Waals surface area contributed by atoms with Gasteiger partial charge in [-0.2, -0.15) is 0 Å². The second-order valence-corrected chi connectivity index (χ2v) is 8.60. The van der Waals surface area contributed by atoms with Crippen molar-refractivity contribution in [1.82, 2.24) is 15.1 Å². The molecular formula is C24H31N3O4. The van der Waals surface area contributed by atoms with Crippen molar-refractivity contribution in [2.75, 3.05) is 33.8 Å². The number of amides is 2. The van der Waals surface area contributed by atoms with Gasteiger partial charge < -0.3 is 19.4 Å². The lowest BCUT2D eigenvalue weighted by molar-refractivity contribution is -0.129. The van der Waals surface area contributed by atoms with Gasteiger partial charge in [-0.05, 0) is 62.2 Å². The summed E-state index contributed by atoms with van der Waals surface area (Å²) in [5.41, 5.74) is 1.24. The zero-order valence-electron chi connectivity index (χ0n) is 18.3. The fourth-order valence-corrected chi connectivity index (χ4v) is 4.87. The van der Waals surface area contributed by atoms with Crippen LogP contribution in [0.3, 0.4) is 0 Å². The summed E-state index contributed by atoms with van der Waals surface area (Å²) in [7, 11) is 3.81. The fraction of sp³-hybridized carbons (Fsp3) is 0.500. The van der Waals surface area contributed by atoms with Gasteiger partial charge in [0.15, 0.2) is 0 Å². The number of furan rings is 1. The van der Waals surface area contributed by atoms with E-state index in [4.69, 9.17) is 9.15 Å². The second kappa shape index (κ2) is 9.56. The maximum atomic E-state index is 12.8. The van der Waals surface area contributed by atoms with Crippen LogP contribution in [0.4, 0.5) is 0 Å². The largest absolute Gasteiger partial charge is 0.497 e. The van der Waals surface area contributed by atoms with Gasteiger partial charge in [0.1, 0.15) is 11.5 Å². The summed E-state index contributed by atoms with van der Waals surface area (Å²) in [4.78, 5) is 29.3. The van der Waals surface area contributed by atoms with Crippen molar-refractivity contribution in [1.29, 1.82) is 0 Å². The van der Waals surface area contributed by atoms with Crippen LogP contribution < -0.4 is 10.1 Å². The lowest BCUT2D eigenvalue weighted by Gasteiger charge is -2.39. The quantitative estimate of drug-likeness (QED) is 0.738. The summed E-state index contributed by atoms with van der Waals surface area (Å²) in [5, 5.41) is 3.14. The Balaban J connectivity index is 1.35. The van der Waals surface area contributed by atoms with Crippen molar-refractivity contribution in [3.05, 3.63) is 54.0 Å². The third-order valence-electron chi connectivity index (χ3n) is 6.52. The molecule has 1 N–H and O–H groups in total. The number of piperidine rings is 1. The van der Waals surface area contributed by atoms with Crippen molar-refractivity contribution >= 4 is 11.8 Å². The number of carbonyl (C=O) groups is 2. The predicted octanol–water partition coefficient (Wildman–Crippen LogP) is 2.84. The molecule has 3 heterocycles.